The quantitative estimate of drug-likeness (QED) is 0.216. The number of likely N-dealkylation sites (N-methyl/N-ethyl adjacent to an activating group) is 1. The number of halogens is 1. The zero-order valence-corrected chi connectivity index (χ0v) is 16.1. The highest BCUT2D eigenvalue weighted by Crippen LogP contribution is 1.96. The van der Waals surface area contributed by atoms with Crippen molar-refractivity contribution >= 4 is 12.1 Å². The Hall–Kier alpha value is -2.93. The molecule has 2 amide bonds. The monoisotopic (exact) mass is 398 g/mol. The van der Waals surface area contributed by atoms with E-state index >= 15 is 0 Å². The summed E-state index contributed by atoms with van der Waals surface area (Å²) < 4.78 is 21.2. The Kier molecular flexibility index (Phi) is 7.52. The van der Waals surface area contributed by atoms with Gasteiger partial charge in [0.1, 0.15) is 18.1 Å². The van der Waals surface area contributed by atoms with E-state index in [0.29, 0.717) is 42.1 Å². The first-order valence-corrected chi connectivity index (χ1v) is 8.57. The summed E-state index contributed by atoms with van der Waals surface area (Å²) in [6.45, 7) is 1.62. The van der Waals surface area contributed by atoms with Crippen molar-refractivity contribution in [3.05, 3.63) is 23.8 Å². The topological polar surface area (TPSA) is 129 Å². The number of rotatable bonds is 11. The van der Waals surface area contributed by atoms with Crippen LogP contribution in [0.4, 0.5) is 9.18 Å². The van der Waals surface area contributed by atoms with Gasteiger partial charge < -0.3 is 19.9 Å². The first kappa shape index (κ1) is 21.4. The Morgan fingerprint density at radius 2 is 1.68 bits per heavy atom. The maximum absolute atomic E-state index is 12.1. The second-order valence-corrected chi connectivity index (χ2v) is 7.11. The van der Waals surface area contributed by atoms with Gasteiger partial charge in [-0.1, -0.05) is 10.4 Å². The van der Waals surface area contributed by atoms with E-state index in [1.807, 2.05) is 26.5 Å². The summed E-state index contributed by atoms with van der Waals surface area (Å²) in [5, 5.41) is 20.4. The summed E-state index contributed by atoms with van der Waals surface area (Å²) in [7, 11) is 5.82. The summed E-state index contributed by atoms with van der Waals surface area (Å²) >= 11 is 0. The third kappa shape index (κ3) is 8.18. The van der Waals surface area contributed by atoms with Crippen molar-refractivity contribution in [2.75, 3.05) is 34.3 Å². The van der Waals surface area contributed by atoms with E-state index < -0.39 is 6.16 Å². The van der Waals surface area contributed by atoms with Gasteiger partial charge in [0, 0.05) is 0 Å². The van der Waals surface area contributed by atoms with Crippen molar-refractivity contribution in [1.29, 1.82) is 0 Å². The Balaban J connectivity index is 1.65. The van der Waals surface area contributed by atoms with E-state index in [1.165, 1.54) is 9.36 Å². The summed E-state index contributed by atoms with van der Waals surface area (Å²) in [5.74, 6) is -0.0587. The van der Waals surface area contributed by atoms with Crippen LogP contribution in [0.5, 0.6) is 0 Å². The van der Waals surface area contributed by atoms with Gasteiger partial charge in [-0.2, -0.15) is 0 Å². The number of quaternary nitrogens is 1. The van der Waals surface area contributed by atoms with E-state index in [0.717, 1.165) is 0 Å². The van der Waals surface area contributed by atoms with Crippen LogP contribution < -0.4 is 10.6 Å². The maximum Gasteiger partial charge on any atom is 0.397 e. The maximum atomic E-state index is 12.1. The molecule has 2 aromatic heterocycles. The van der Waals surface area contributed by atoms with E-state index in [1.54, 1.807) is 12.4 Å². The number of nitrogens with zero attached hydrogens (tertiary/aromatic N) is 7. The molecule has 12 nitrogen and oxygen atoms in total. The number of ether oxygens (including phenoxy) is 1. The fourth-order valence-electron chi connectivity index (χ4n) is 2.16. The van der Waals surface area contributed by atoms with Gasteiger partial charge in [0.2, 0.25) is 0 Å². The highest BCUT2D eigenvalue weighted by atomic mass is 19.1. The Labute approximate surface area is 161 Å². The highest BCUT2D eigenvalue weighted by Gasteiger charge is 2.14. The number of hydrogen-bond acceptors (Lipinski definition) is 7. The van der Waals surface area contributed by atoms with E-state index in [2.05, 4.69) is 25.9 Å². The van der Waals surface area contributed by atoms with Gasteiger partial charge in [0.25, 0.3) is 5.91 Å². The molecule has 0 saturated carbocycles. The van der Waals surface area contributed by atoms with Gasteiger partial charge in [0.05, 0.1) is 59.8 Å². The molecule has 0 aliphatic heterocycles. The average Bonchev–Trinajstić information content (AvgIpc) is 3.23. The molecule has 154 valence electrons. The molecule has 13 heteroatoms. The normalized spacial score (nSPS) is 11.4. The lowest BCUT2D eigenvalue weighted by Gasteiger charge is -2.22. The first-order chi connectivity index (χ1) is 13.2. The summed E-state index contributed by atoms with van der Waals surface area (Å²) in [5.41, 5.74) is 1.08. The Bertz CT molecular complexity index is 784. The first-order valence-electron chi connectivity index (χ1n) is 8.57. The largest absolute Gasteiger partial charge is 0.397 e. The van der Waals surface area contributed by atoms with Crippen molar-refractivity contribution in [1.82, 2.24) is 40.6 Å². The molecule has 0 aliphatic carbocycles. The van der Waals surface area contributed by atoms with Crippen LogP contribution in [-0.2, 0) is 35.9 Å². The summed E-state index contributed by atoms with van der Waals surface area (Å²) in [6.07, 6.45) is 1.67. The lowest BCUT2D eigenvalue weighted by Crippen LogP contribution is -2.44. The molecule has 0 aromatic carbocycles. The van der Waals surface area contributed by atoms with Gasteiger partial charge in [-0.15, -0.1) is 14.6 Å². The van der Waals surface area contributed by atoms with Gasteiger partial charge >= 0.3 is 6.16 Å². The van der Waals surface area contributed by atoms with Crippen LogP contribution in [0.2, 0.25) is 0 Å². The van der Waals surface area contributed by atoms with Crippen LogP contribution in [0.3, 0.4) is 0 Å². The zero-order valence-electron chi connectivity index (χ0n) is 16.1. The highest BCUT2D eigenvalue weighted by molar-refractivity contribution is 5.76. The standard InChI is InChI=1S/C15H24FN9O3/c1-25(2,3)10-14(26)17-6-12-9-24(22-20-12)11-28-5-4-23-8-13(19-21-23)7-18-15(16)27/h8-9H,4-7,10-11H2,1-3H3,(H-,17,18,26,27)/p+1. The minimum atomic E-state index is -1.61. The molecule has 0 spiro atoms. The number of carbonyl (C=O) groups is 2. The van der Waals surface area contributed by atoms with Gasteiger partial charge in [0.15, 0.2) is 6.54 Å². The lowest BCUT2D eigenvalue weighted by atomic mass is 10.4. The smallest absolute Gasteiger partial charge is 0.357 e. The molecule has 0 unspecified atom stereocenters. The van der Waals surface area contributed by atoms with Crippen molar-refractivity contribution in [2.24, 2.45) is 0 Å². The van der Waals surface area contributed by atoms with Crippen molar-refractivity contribution in [3.63, 3.8) is 0 Å². The fraction of sp³-hybridized carbons (Fsp3) is 0.600. The number of hydrogen-bond donors (Lipinski definition) is 2. The van der Waals surface area contributed by atoms with E-state index in [-0.39, 0.29) is 19.2 Å². The molecule has 0 saturated heterocycles. The van der Waals surface area contributed by atoms with Crippen LogP contribution in [0.15, 0.2) is 12.4 Å². The molecular weight excluding hydrogens is 373 g/mol. The Morgan fingerprint density at radius 3 is 2.32 bits per heavy atom. The molecule has 0 atom stereocenters. The van der Waals surface area contributed by atoms with Gasteiger partial charge in [-0.25, -0.2) is 14.2 Å². The van der Waals surface area contributed by atoms with Crippen LogP contribution in [0.1, 0.15) is 11.4 Å². The predicted molar refractivity (Wildman–Crippen MR) is 94.1 cm³/mol. The van der Waals surface area contributed by atoms with E-state index in [9.17, 15) is 14.0 Å². The molecule has 28 heavy (non-hydrogen) atoms. The molecule has 2 aromatic rings. The van der Waals surface area contributed by atoms with Crippen LogP contribution in [0.25, 0.3) is 0 Å². The van der Waals surface area contributed by atoms with Crippen molar-refractivity contribution in [2.45, 2.75) is 26.4 Å². The van der Waals surface area contributed by atoms with Crippen LogP contribution in [-0.4, -0.2) is 80.8 Å². The van der Waals surface area contributed by atoms with Crippen LogP contribution >= 0.6 is 0 Å². The minimum Gasteiger partial charge on any atom is -0.357 e. The SMILES string of the molecule is C[N+](C)(C)CC(=O)NCc1cn(COCCn2cc(CNC(=O)F)nn2)nn1. The van der Waals surface area contributed by atoms with Crippen molar-refractivity contribution in [3.8, 4) is 0 Å². The third-order valence-corrected chi connectivity index (χ3v) is 3.35. The number of amides is 2. The van der Waals surface area contributed by atoms with Gasteiger partial charge in [-0.3, -0.25) is 4.79 Å². The molecule has 0 radical (unpaired) electrons. The molecule has 0 aliphatic rings. The molecule has 2 N–H and O–H groups in total. The molecule has 0 bridgehead atoms. The number of carbonyl (C=O) groups excluding carboxylic acids is 2. The second-order valence-electron chi connectivity index (χ2n) is 7.11. The fourth-order valence-corrected chi connectivity index (χ4v) is 2.16. The minimum absolute atomic E-state index is 0.0246. The molecule has 0 fully saturated rings. The molecular formula is C15H25FN9O3+. The summed E-state index contributed by atoms with van der Waals surface area (Å²) in [6, 6.07) is 0. The van der Waals surface area contributed by atoms with Crippen LogP contribution in [0, 0.1) is 0 Å². The zero-order chi connectivity index (χ0) is 20.6. The van der Waals surface area contributed by atoms with Gasteiger partial charge in [-0.05, 0) is 0 Å². The Morgan fingerprint density at radius 1 is 1.07 bits per heavy atom. The molecule has 2 rings (SSSR count). The second kappa shape index (κ2) is 9.85. The van der Waals surface area contributed by atoms with E-state index in [4.69, 9.17) is 4.74 Å². The molecule has 2 heterocycles. The third-order valence-electron chi connectivity index (χ3n) is 3.35. The number of nitrogens with one attached hydrogen (secondary N) is 2. The summed E-state index contributed by atoms with van der Waals surface area (Å²) in [4.78, 5) is 22.0. The average molecular weight is 398 g/mol. The van der Waals surface area contributed by atoms with Crippen molar-refractivity contribution < 1.29 is 23.2 Å². The number of aromatic nitrogens is 6. The lowest BCUT2D eigenvalue weighted by molar-refractivity contribution is -0.862. The predicted octanol–water partition coefficient (Wildman–Crippen LogP) is -0.955.